The number of aromatic nitrogens is 1. The van der Waals surface area contributed by atoms with Crippen LogP contribution in [0.3, 0.4) is 0 Å². The number of hydrogen-bond acceptors (Lipinski definition) is 6. The lowest BCUT2D eigenvalue weighted by atomic mass is 10.2. The SMILES string of the molecule is COC(=O)CN(CC(=O)OC)C(=O)Cc1ccncc1. The van der Waals surface area contributed by atoms with Gasteiger partial charge in [0.1, 0.15) is 13.1 Å². The molecule has 1 heterocycles. The number of hydrogen-bond donors (Lipinski definition) is 0. The molecule has 0 N–H and O–H groups in total. The summed E-state index contributed by atoms with van der Waals surface area (Å²) in [5, 5.41) is 0. The molecule has 0 saturated carbocycles. The van der Waals surface area contributed by atoms with E-state index in [2.05, 4.69) is 14.5 Å². The summed E-state index contributed by atoms with van der Waals surface area (Å²) < 4.78 is 9.00. The van der Waals surface area contributed by atoms with Gasteiger partial charge in [0, 0.05) is 12.4 Å². The fourth-order valence-electron chi connectivity index (χ4n) is 1.46. The lowest BCUT2D eigenvalue weighted by Crippen LogP contribution is -2.41. The van der Waals surface area contributed by atoms with Crippen LogP contribution in [0.2, 0.25) is 0 Å². The minimum Gasteiger partial charge on any atom is -0.468 e. The molecule has 0 aromatic carbocycles. The van der Waals surface area contributed by atoms with Gasteiger partial charge in [-0.3, -0.25) is 19.4 Å². The molecule has 0 radical (unpaired) electrons. The van der Waals surface area contributed by atoms with Crippen LogP contribution in [0, 0.1) is 0 Å². The Morgan fingerprint density at radius 2 is 1.55 bits per heavy atom. The van der Waals surface area contributed by atoms with E-state index in [1.807, 2.05) is 0 Å². The van der Waals surface area contributed by atoms with Gasteiger partial charge in [0.05, 0.1) is 20.6 Å². The largest absolute Gasteiger partial charge is 0.468 e. The van der Waals surface area contributed by atoms with Crippen molar-refractivity contribution in [3.05, 3.63) is 30.1 Å². The predicted octanol–water partition coefficient (Wildman–Crippen LogP) is -0.201. The van der Waals surface area contributed by atoms with Gasteiger partial charge >= 0.3 is 11.9 Å². The highest BCUT2D eigenvalue weighted by molar-refractivity contribution is 5.87. The van der Waals surface area contributed by atoms with Gasteiger partial charge in [-0.2, -0.15) is 0 Å². The van der Waals surface area contributed by atoms with E-state index in [1.54, 1.807) is 24.5 Å². The zero-order valence-corrected chi connectivity index (χ0v) is 11.4. The Labute approximate surface area is 116 Å². The van der Waals surface area contributed by atoms with Gasteiger partial charge in [-0.1, -0.05) is 0 Å². The molecule has 1 rings (SSSR count). The molecule has 0 unspecified atom stereocenters. The minimum atomic E-state index is -0.600. The molecule has 7 nitrogen and oxygen atoms in total. The van der Waals surface area contributed by atoms with E-state index in [0.717, 1.165) is 10.5 Å². The van der Waals surface area contributed by atoms with E-state index in [1.165, 1.54) is 14.2 Å². The fraction of sp³-hybridized carbons (Fsp3) is 0.385. The number of carbonyl (C=O) groups excluding carboxylic acids is 3. The van der Waals surface area contributed by atoms with Crippen LogP contribution in [0.5, 0.6) is 0 Å². The number of rotatable bonds is 6. The minimum absolute atomic E-state index is 0.0660. The molecular weight excluding hydrogens is 264 g/mol. The number of nitrogens with zero attached hydrogens (tertiary/aromatic N) is 2. The molecule has 0 spiro atoms. The summed E-state index contributed by atoms with van der Waals surface area (Å²) in [5.74, 6) is -1.57. The lowest BCUT2D eigenvalue weighted by molar-refractivity contribution is -0.151. The predicted molar refractivity (Wildman–Crippen MR) is 68.6 cm³/mol. The number of amides is 1. The van der Waals surface area contributed by atoms with E-state index in [0.29, 0.717) is 0 Å². The van der Waals surface area contributed by atoms with Crippen molar-refractivity contribution in [2.45, 2.75) is 6.42 Å². The molecule has 1 aromatic rings. The van der Waals surface area contributed by atoms with Crippen LogP contribution in [-0.2, 0) is 30.3 Å². The summed E-state index contributed by atoms with van der Waals surface area (Å²) in [7, 11) is 2.43. The molecule has 0 aliphatic rings. The van der Waals surface area contributed by atoms with Gasteiger partial charge < -0.3 is 14.4 Å². The van der Waals surface area contributed by atoms with Crippen molar-refractivity contribution in [1.29, 1.82) is 0 Å². The molecule has 0 atom stereocenters. The molecule has 108 valence electrons. The number of esters is 2. The average molecular weight is 280 g/mol. The van der Waals surface area contributed by atoms with Crippen LogP contribution < -0.4 is 0 Å². The molecule has 0 saturated heterocycles. The van der Waals surface area contributed by atoms with Gasteiger partial charge in [0.15, 0.2) is 0 Å². The summed E-state index contributed by atoms with van der Waals surface area (Å²) in [6.07, 6.45) is 3.19. The zero-order chi connectivity index (χ0) is 15.0. The number of carbonyl (C=O) groups is 3. The second-order valence-electron chi connectivity index (χ2n) is 3.93. The Morgan fingerprint density at radius 3 is 2.00 bits per heavy atom. The van der Waals surface area contributed by atoms with Crippen molar-refractivity contribution >= 4 is 17.8 Å². The smallest absolute Gasteiger partial charge is 0.325 e. The Hall–Kier alpha value is -2.44. The molecule has 0 bridgehead atoms. The summed E-state index contributed by atoms with van der Waals surface area (Å²) in [6, 6.07) is 3.37. The third-order valence-corrected chi connectivity index (χ3v) is 2.55. The van der Waals surface area contributed by atoms with Crippen LogP contribution in [0.4, 0.5) is 0 Å². The molecule has 7 heteroatoms. The third kappa shape index (κ3) is 5.05. The van der Waals surface area contributed by atoms with Gasteiger partial charge in [-0.25, -0.2) is 0 Å². The zero-order valence-electron chi connectivity index (χ0n) is 11.4. The Kier molecular flexibility index (Phi) is 6.15. The van der Waals surface area contributed by atoms with Crippen molar-refractivity contribution < 1.29 is 23.9 Å². The monoisotopic (exact) mass is 280 g/mol. The van der Waals surface area contributed by atoms with Gasteiger partial charge in [-0.15, -0.1) is 0 Å². The number of methoxy groups -OCH3 is 2. The summed E-state index contributed by atoms with van der Waals surface area (Å²) >= 11 is 0. The maximum absolute atomic E-state index is 12.1. The number of pyridine rings is 1. The summed E-state index contributed by atoms with van der Waals surface area (Å²) in [6.45, 7) is -0.592. The average Bonchev–Trinajstić information content (AvgIpc) is 2.47. The van der Waals surface area contributed by atoms with E-state index in [9.17, 15) is 14.4 Å². The maximum Gasteiger partial charge on any atom is 0.325 e. The van der Waals surface area contributed by atoms with Crippen molar-refractivity contribution in [1.82, 2.24) is 9.88 Å². The molecule has 1 amide bonds. The van der Waals surface area contributed by atoms with Crippen molar-refractivity contribution in [3.63, 3.8) is 0 Å². The van der Waals surface area contributed by atoms with Crippen molar-refractivity contribution in [2.24, 2.45) is 0 Å². The maximum atomic E-state index is 12.1. The third-order valence-electron chi connectivity index (χ3n) is 2.55. The first-order valence-corrected chi connectivity index (χ1v) is 5.87. The quantitative estimate of drug-likeness (QED) is 0.671. The first kappa shape index (κ1) is 15.6. The van der Waals surface area contributed by atoms with Gasteiger partial charge in [-0.05, 0) is 17.7 Å². The van der Waals surface area contributed by atoms with Gasteiger partial charge in [0.25, 0.3) is 0 Å². The fourth-order valence-corrected chi connectivity index (χ4v) is 1.46. The number of ether oxygens (including phenoxy) is 2. The van der Waals surface area contributed by atoms with Crippen molar-refractivity contribution in [3.8, 4) is 0 Å². The Balaban J connectivity index is 2.72. The first-order valence-electron chi connectivity index (χ1n) is 5.87. The second kappa shape index (κ2) is 7.88. The highest BCUT2D eigenvalue weighted by Crippen LogP contribution is 2.02. The standard InChI is InChI=1S/C13H16N2O5/c1-19-12(17)8-15(9-13(18)20-2)11(16)7-10-3-5-14-6-4-10/h3-6H,7-9H2,1-2H3. The highest BCUT2D eigenvalue weighted by atomic mass is 16.5. The summed E-state index contributed by atoms with van der Waals surface area (Å²) in [4.78, 5) is 39.6. The van der Waals surface area contributed by atoms with Crippen molar-refractivity contribution in [2.75, 3.05) is 27.3 Å². The van der Waals surface area contributed by atoms with Crippen LogP contribution in [0.1, 0.15) is 5.56 Å². The van der Waals surface area contributed by atoms with Gasteiger partial charge in [0.2, 0.25) is 5.91 Å². The molecule has 0 aliphatic carbocycles. The summed E-state index contributed by atoms with van der Waals surface area (Å²) in [5.41, 5.74) is 0.740. The molecule has 0 fully saturated rings. The highest BCUT2D eigenvalue weighted by Gasteiger charge is 2.21. The van der Waals surface area contributed by atoms with E-state index < -0.39 is 11.9 Å². The van der Waals surface area contributed by atoms with Crippen LogP contribution in [0.15, 0.2) is 24.5 Å². The molecule has 1 aromatic heterocycles. The normalized spacial score (nSPS) is 9.70. The molecular formula is C13H16N2O5. The lowest BCUT2D eigenvalue weighted by Gasteiger charge is -2.20. The van der Waals surface area contributed by atoms with E-state index in [4.69, 9.17) is 0 Å². The second-order valence-corrected chi connectivity index (χ2v) is 3.93. The van der Waals surface area contributed by atoms with E-state index in [-0.39, 0.29) is 25.4 Å². The van der Waals surface area contributed by atoms with Crippen LogP contribution >= 0.6 is 0 Å². The molecule has 0 aliphatic heterocycles. The topological polar surface area (TPSA) is 85.8 Å². The molecule has 20 heavy (non-hydrogen) atoms. The first-order chi connectivity index (χ1) is 9.56. The Bertz CT molecular complexity index is 457. The van der Waals surface area contributed by atoms with E-state index >= 15 is 0 Å². The Morgan fingerprint density at radius 1 is 1.05 bits per heavy atom. The van der Waals surface area contributed by atoms with Crippen LogP contribution in [0.25, 0.3) is 0 Å². The van der Waals surface area contributed by atoms with Crippen LogP contribution in [-0.4, -0.2) is 55.0 Å².